The third-order valence-electron chi connectivity index (χ3n) is 6.75. The van der Waals surface area contributed by atoms with E-state index in [1.807, 2.05) is 0 Å². The molecule has 34 heavy (non-hydrogen) atoms. The SMILES string of the molecule is O=C(C(CCn1ccnc1Cl)NS(=O)(=O)c1c(Cl)cc(Cl)cc1Cl)N1CC[C@H]2CCCC[C@H]2C1. The third-order valence-corrected chi connectivity index (χ3v) is 9.68. The molecule has 1 saturated heterocycles. The number of halogens is 4. The minimum absolute atomic E-state index is 0.114. The van der Waals surface area contributed by atoms with Crippen molar-refractivity contribution >= 4 is 62.3 Å². The standard InChI is InChI=1S/C22H26Cl4N4O3S/c23-16-11-17(24)20(18(25)12-16)34(32,33)28-19(6-9-29-10-7-27-22(29)26)21(31)30-8-5-14-3-1-2-4-15(14)13-30/h7,10-12,14-15,19,28H,1-6,8-9,13H2/t14-,15+,19?/m1/s1. The molecular formula is C22H26Cl4N4O3S. The molecule has 1 aromatic carbocycles. The number of nitrogens with zero attached hydrogens (tertiary/aromatic N) is 3. The van der Waals surface area contributed by atoms with Gasteiger partial charge in [-0.3, -0.25) is 4.79 Å². The monoisotopic (exact) mass is 566 g/mol. The van der Waals surface area contributed by atoms with Gasteiger partial charge in [0, 0.05) is 37.1 Å². The normalized spacial score (nSPS) is 21.8. The van der Waals surface area contributed by atoms with Crippen LogP contribution in [0.3, 0.4) is 0 Å². The Morgan fingerprint density at radius 1 is 1.09 bits per heavy atom. The maximum absolute atomic E-state index is 13.6. The number of aromatic nitrogens is 2. The highest BCUT2D eigenvalue weighted by Crippen LogP contribution is 2.37. The Hall–Kier alpha value is -1.03. The second-order valence-electron chi connectivity index (χ2n) is 8.93. The van der Waals surface area contributed by atoms with Gasteiger partial charge in [0.25, 0.3) is 0 Å². The minimum atomic E-state index is -4.22. The van der Waals surface area contributed by atoms with Gasteiger partial charge < -0.3 is 9.47 Å². The number of benzene rings is 1. The summed E-state index contributed by atoms with van der Waals surface area (Å²) in [6, 6.07) is 1.59. The van der Waals surface area contributed by atoms with Crippen molar-refractivity contribution in [2.45, 2.75) is 56.0 Å². The van der Waals surface area contributed by atoms with Crippen LogP contribution < -0.4 is 4.72 Å². The zero-order valence-corrected chi connectivity index (χ0v) is 22.2. The smallest absolute Gasteiger partial charge is 0.244 e. The van der Waals surface area contributed by atoms with E-state index in [1.165, 1.54) is 31.4 Å². The van der Waals surface area contributed by atoms with Crippen molar-refractivity contribution in [1.29, 1.82) is 0 Å². The quantitative estimate of drug-likeness (QED) is 0.494. The summed E-state index contributed by atoms with van der Waals surface area (Å²) in [6.45, 7) is 1.57. The number of nitrogens with one attached hydrogen (secondary N) is 1. The Labute approximate surface area is 219 Å². The lowest BCUT2D eigenvalue weighted by atomic mass is 9.75. The molecule has 1 N–H and O–H groups in total. The van der Waals surface area contributed by atoms with Crippen LogP contribution >= 0.6 is 46.4 Å². The van der Waals surface area contributed by atoms with Crippen molar-refractivity contribution in [2.75, 3.05) is 13.1 Å². The first-order chi connectivity index (χ1) is 16.2. The van der Waals surface area contributed by atoms with Crippen LogP contribution in [0.15, 0.2) is 29.4 Å². The summed E-state index contributed by atoms with van der Waals surface area (Å²) in [7, 11) is -4.22. The molecule has 1 aliphatic carbocycles. The number of hydrogen-bond donors (Lipinski definition) is 1. The summed E-state index contributed by atoms with van der Waals surface area (Å²) in [4.78, 5) is 19.1. The molecule has 1 aromatic heterocycles. The Morgan fingerprint density at radius 3 is 2.41 bits per heavy atom. The zero-order valence-electron chi connectivity index (χ0n) is 18.4. The van der Waals surface area contributed by atoms with E-state index < -0.39 is 16.1 Å². The summed E-state index contributed by atoms with van der Waals surface area (Å²) in [5.74, 6) is 0.848. The number of piperidine rings is 1. The Kier molecular flexibility index (Phi) is 8.37. The van der Waals surface area contributed by atoms with Crippen molar-refractivity contribution < 1.29 is 13.2 Å². The highest BCUT2D eigenvalue weighted by Gasteiger charge is 2.37. The molecule has 0 spiro atoms. The van der Waals surface area contributed by atoms with Crippen molar-refractivity contribution in [3.8, 4) is 0 Å². The molecule has 7 nitrogen and oxygen atoms in total. The minimum Gasteiger partial charge on any atom is -0.341 e. The van der Waals surface area contributed by atoms with E-state index in [0.29, 0.717) is 31.5 Å². The molecule has 12 heteroatoms. The maximum atomic E-state index is 13.6. The van der Waals surface area contributed by atoms with Crippen LogP contribution in [0.4, 0.5) is 0 Å². The molecule has 3 atom stereocenters. The summed E-state index contributed by atoms with van der Waals surface area (Å²) in [5.41, 5.74) is 0. The van der Waals surface area contributed by atoms with Crippen LogP contribution in [0.5, 0.6) is 0 Å². The molecule has 2 heterocycles. The lowest BCUT2D eigenvalue weighted by molar-refractivity contribution is -0.136. The van der Waals surface area contributed by atoms with Gasteiger partial charge in [-0.15, -0.1) is 0 Å². The van der Waals surface area contributed by atoms with Gasteiger partial charge in [0.05, 0.1) is 10.0 Å². The maximum Gasteiger partial charge on any atom is 0.244 e. The van der Waals surface area contributed by atoms with E-state index in [9.17, 15) is 13.2 Å². The fraction of sp³-hybridized carbons (Fsp3) is 0.545. The molecule has 1 amide bonds. The molecule has 186 valence electrons. The van der Waals surface area contributed by atoms with Gasteiger partial charge in [-0.05, 0) is 54.8 Å². The molecule has 2 fully saturated rings. The molecule has 1 saturated carbocycles. The number of amides is 1. The number of likely N-dealkylation sites (tertiary alicyclic amines) is 1. The Bertz CT molecular complexity index is 1130. The van der Waals surface area contributed by atoms with E-state index >= 15 is 0 Å². The molecule has 0 radical (unpaired) electrons. The average Bonchev–Trinajstić information content (AvgIpc) is 3.19. The second kappa shape index (κ2) is 10.9. The Balaban J connectivity index is 1.57. The summed E-state index contributed by atoms with van der Waals surface area (Å²) in [6.07, 6.45) is 9.07. The summed E-state index contributed by atoms with van der Waals surface area (Å²) < 4.78 is 30.8. The fourth-order valence-electron chi connectivity index (χ4n) is 5.03. The lowest BCUT2D eigenvalue weighted by Crippen LogP contribution is -2.53. The second-order valence-corrected chi connectivity index (χ2v) is 12.2. The predicted molar refractivity (Wildman–Crippen MR) is 134 cm³/mol. The van der Waals surface area contributed by atoms with Crippen molar-refractivity contribution in [2.24, 2.45) is 11.8 Å². The molecule has 4 rings (SSSR count). The van der Waals surface area contributed by atoms with Gasteiger partial charge in [-0.25, -0.2) is 13.4 Å². The van der Waals surface area contributed by atoms with Crippen LogP contribution in [0.2, 0.25) is 20.4 Å². The third kappa shape index (κ3) is 5.85. The van der Waals surface area contributed by atoms with E-state index in [-0.39, 0.29) is 37.6 Å². The van der Waals surface area contributed by atoms with Gasteiger partial charge >= 0.3 is 0 Å². The first-order valence-electron chi connectivity index (χ1n) is 11.3. The van der Waals surface area contributed by atoms with Crippen molar-refractivity contribution in [3.05, 3.63) is 44.9 Å². The van der Waals surface area contributed by atoms with E-state index in [2.05, 4.69) is 9.71 Å². The fourth-order valence-corrected chi connectivity index (χ4v) is 8.00. The first-order valence-corrected chi connectivity index (χ1v) is 14.3. The number of fused-ring (bicyclic) bond motifs is 1. The first kappa shape index (κ1) is 26.0. The largest absolute Gasteiger partial charge is 0.341 e. The summed E-state index contributed by atoms with van der Waals surface area (Å²) >= 11 is 24.4. The number of aryl methyl sites for hydroxylation is 1. The van der Waals surface area contributed by atoms with Gasteiger partial charge in [-0.1, -0.05) is 54.1 Å². The van der Waals surface area contributed by atoms with Crippen LogP contribution in [-0.4, -0.2) is 47.9 Å². The van der Waals surface area contributed by atoms with Gasteiger partial charge in [0.15, 0.2) is 0 Å². The van der Waals surface area contributed by atoms with Crippen LogP contribution in [-0.2, 0) is 21.4 Å². The predicted octanol–water partition coefficient (Wildman–Crippen LogP) is 5.27. The van der Waals surface area contributed by atoms with Crippen LogP contribution in [0.1, 0.15) is 38.5 Å². The van der Waals surface area contributed by atoms with Gasteiger partial charge in [0.2, 0.25) is 21.2 Å². The number of sulfonamides is 1. The van der Waals surface area contributed by atoms with Crippen LogP contribution in [0.25, 0.3) is 0 Å². The number of rotatable bonds is 7. The molecule has 2 aliphatic rings. The number of hydrogen-bond acceptors (Lipinski definition) is 4. The van der Waals surface area contributed by atoms with E-state index in [0.717, 1.165) is 12.8 Å². The van der Waals surface area contributed by atoms with Gasteiger partial charge in [0.1, 0.15) is 10.9 Å². The van der Waals surface area contributed by atoms with Crippen LogP contribution in [0, 0.1) is 11.8 Å². The topological polar surface area (TPSA) is 84.3 Å². The molecule has 1 unspecified atom stereocenters. The van der Waals surface area contributed by atoms with E-state index in [1.54, 1.807) is 21.9 Å². The molecular weight excluding hydrogens is 542 g/mol. The number of carbonyl (C=O) groups is 1. The summed E-state index contributed by atoms with van der Waals surface area (Å²) in [5, 5.41) is 0.251. The molecule has 1 aliphatic heterocycles. The van der Waals surface area contributed by atoms with E-state index in [4.69, 9.17) is 46.4 Å². The zero-order chi connectivity index (χ0) is 24.5. The molecule has 0 bridgehead atoms. The van der Waals surface area contributed by atoms with Crippen molar-refractivity contribution in [1.82, 2.24) is 19.2 Å². The molecule has 2 aromatic rings. The highest BCUT2D eigenvalue weighted by atomic mass is 35.5. The van der Waals surface area contributed by atoms with Gasteiger partial charge in [-0.2, -0.15) is 4.72 Å². The number of carbonyl (C=O) groups excluding carboxylic acids is 1. The lowest BCUT2D eigenvalue weighted by Gasteiger charge is -2.42. The Morgan fingerprint density at radius 2 is 1.76 bits per heavy atom. The van der Waals surface area contributed by atoms with Crippen molar-refractivity contribution in [3.63, 3.8) is 0 Å². The number of imidazole rings is 1. The average molecular weight is 568 g/mol. The highest BCUT2D eigenvalue weighted by molar-refractivity contribution is 7.89.